The van der Waals surface area contributed by atoms with Crippen LogP contribution < -0.4 is 19.3 Å². The van der Waals surface area contributed by atoms with E-state index in [2.05, 4.69) is 26.3 Å². The number of carbonyl (C=O) groups is 8. The van der Waals surface area contributed by atoms with Crippen molar-refractivity contribution in [3.05, 3.63) is 70.9 Å². The molecule has 4 saturated heterocycles. The van der Waals surface area contributed by atoms with Gasteiger partial charge in [0.15, 0.2) is 0 Å². The number of carbonyl (C=O) groups excluding carboxylic acids is 8. The standard InChI is InChI=1S/C25H32N6O7.C22H25N3O6.C3H7N3O/c1-25(2,3)38-24(36)31-21(33)10-9-20(22(31)34)30-13-12-29(23(30)35)18-5-7-19(8-6-18)37-16-17-15-28(27-26-17)11-4-14-32;1-5-14-30-16-8-6-15(7-9-16)23-12-13-24(20(23)28)17-10-11-18(26)25(19(17)27)21(29)31-22(2,3)4;4-6-5-2-1-3-7/h5-8,15,20,32H,4,9-14,16H2,1-3H3;1,6-9,17H,10-14H2,2-4H3;7H,1-3H2. The predicted molar refractivity (Wildman–Crippen MR) is 270 cm³/mol. The van der Waals surface area contributed by atoms with Gasteiger partial charge in [-0.15, -0.1) is 11.5 Å². The zero-order valence-electron chi connectivity index (χ0n) is 43.4. The van der Waals surface area contributed by atoms with E-state index in [0.717, 1.165) is 0 Å². The Hall–Kier alpha value is -8.27. The van der Waals surface area contributed by atoms with Gasteiger partial charge in [-0.3, -0.25) is 33.7 Å². The van der Waals surface area contributed by atoms with Crippen molar-refractivity contribution in [1.29, 1.82) is 0 Å². The van der Waals surface area contributed by atoms with Crippen molar-refractivity contribution in [1.82, 2.24) is 34.6 Å². The highest BCUT2D eigenvalue weighted by Crippen LogP contribution is 2.31. The summed E-state index contributed by atoms with van der Waals surface area (Å²) < 4.78 is 23.1. The minimum atomic E-state index is -1.02. The van der Waals surface area contributed by atoms with Gasteiger partial charge in [-0.1, -0.05) is 16.2 Å². The minimum absolute atomic E-state index is 0.0271. The topological polar surface area (TPSA) is 313 Å². The highest BCUT2D eigenvalue weighted by molar-refractivity contribution is 6.14. The van der Waals surface area contributed by atoms with Gasteiger partial charge in [0.05, 0.1) is 6.20 Å². The lowest BCUT2D eigenvalue weighted by atomic mass is 10.0. The van der Waals surface area contributed by atoms with Crippen LogP contribution in [0.2, 0.25) is 0 Å². The first-order chi connectivity index (χ1) is 36.1. The van der Waals surface area contributed by atoms with Gasteiger partial charge >= 0.3 is 24.2 Å². The fourth-order valence-electron chi connectivity index (χ4n) is 7.94. The SMILES string of the molecule is C#CCOc1ccc(N2CCN(C3CCC(=O)N(C(=O)OC(C)(C)C)C3=O)C2=O)cc1.CC(C)(C)OC(=O)N1C(=O)CCC(N2CCN(c3ccc(OCc4cn(CCCO)nn4)cc3)C2=O)C1=O.[N-]=[N+]=NCCCO. The number of anilines is 2. The molecular weight excluding hydrogens is 993 g/mol. The number of azide groups is 1. The number of imide groups is 6. The largest absolute Gasteiger partial charge is 0.487 e. The van der Waals surface area contributed by atoms with E-state index in [1.54, 1.807) is 101 Å². The van der Waals surface area contributed by atoms with Crippen molar-refractivity contribution >= 4 is 59.3 Å². The zero-order chi connectivity index (χ0) is 55.7. The number of rotatable bonds is 15. The Kier molecular flexibility index (Phi) is 20.7. The van der Waals surface area contributed by atoms with E-state index >= 15 is 0 Å². The summed E-state index contributed by atoms with van der Waals surface area (Å²) in [4.78, 5) is 111. The van der Waals surface area contributed by atoms with Crippen LogP contribution in [0.4, 0.5) is 30.6 Å². The first-order valence-electron chi connectivity index (χ1n) is 24.5. The fourth-order valence-corrected chi connectivity index (χ4v) is 7.94. The average molecular weight is 1060 g/mol. The number of hydrogen-bond donors (Lipinski definition) is 2. The Labute approximate surface area is 438 Å². The van der Waals surface area contributed by atoms with E-state index in [1.165, 1.54) is 19.6 Å². The summed E-state index contributed by atoms with van der Waals surface area (Å²) >= 11 is 0. The lowest BCUT2D eigenvalue weighted by Crippen LogP contribution is -2.57. The van der Waals surface area contributed by atoms with E-state index < -0.39 is 59.1 Å². The quantitative estimate of drug-likeness (QED) is 0.0505. The van der Waals surface area contributed by atoms with Crippen LogP contribution in [0.1, 0.15) is 85.8 Å². The van der Waals surface area contributed by atoms with Crippen LogP contribution in [-0.2, 0) is 41.8 Å². The highest BCUT2D eigenvalue weighted by Gasteiger charge is 2.48. The van der Waals surface area contributed by atoms with Crippen molar-refractivity contribution in [2.75, 3.05) is 62.3 Å². The molecular formula is C50H64N12O14. The maximum absolute atomic E-state index is 13.2. The highest BCUT2D eigenvalue weighted by atomic mass is 16.6. The number of urea groups is 2. The molecule has 10 amide bonds. The molecule has 4 fully saturated rings. The van der Waals surface area contributed by atoms with Crippen molar-refractivity contribution in [2.45, 2.75) is 117 Å². The molecule has 1 aromatic heterocycles. The molecule has 0 bridgehead atoms. The summed E-state index contributed by atoms with van der Waals surface area (Å²) in [5.41, 5.74) is 7.85. The van der Waals surface area contributed by atoms with Gasteiger partial charge in [0.2, 0.25) is 11.8 Å². The van der Waals surface area contributed by atoms with Crippen molar-refractivity contribution in [3.8, 4) is 23.8 Å². The average Bonchev–Trinajstić information content (AvgIpc) is 4.10. The molecule has 5 heterocycles. The third-order valence-electron chi connectivity index (χ3n) is 11.4. The van der Waals surface area contributed by atoms with E-state index in [1.807, 2.05) is 0 Å². The molecule has 2 atom stereocenters. The maximum Gasteiger partial charge on any atom is 0.424 e. The number of likely N-dealkylation sites (tertiary alicyclic amines) is 2. The number of terminal acetylenes is 1. The normalized spacial score (nSPS) is 17.8. The van der Waals surface area contributed by atoms with E-state index in [9.17, 15) is 38.4 Å². The molecule has 26 nitrogen and oxygen atoms in total. The fraction of sp³-hybridized carbons (Fsp3) is 0.520. The molecule has 7 rings (SSSR count). The molecule has 2 unspecified atom stereocenters. The van der Waals surface area contributed by atoms with Gasteiger partial charge in [-0.25, -0.2) is 19.2 Å². The summed E-state index contributed by atoms with van der Waals surface area (Å²) in [6, 6.07) is 11.2. The van der Waals surface area contributed by atoms with Gasteiger partial charge in [-0.2, -0.15) is 9.80 Å². The van der Waals surface area contributed by atoms with Gasteiger partial charge in [0.1, 0.15) is 53.7 Å². The van der Waals surface area contributed by atoms with Crippen LogP contribution in [0.25, 0.3) is 10.4 Å². The molecule has 2 aromatic carbocycles. The molecule has 0 spiro atoms. The minimum Gasteiger partial charge on any atom is -0.487 e. The molecule has 0 radical (unpaired) electrons. The second-order valence-electron chi connectivity index (χ2n) is 19.3. The molecule has 0 aliphatic carbocycles. The summed E-state index contributed by atoms with van der Waals surface area (Å²) in [6.45, 7) is 12.6. The molecule has 408 valence electrons. The number of aliphatic hydroxyl groups is 2. The number of aromatic nitrogens is 3. The van der Waals surface area contributed by atoms with Crippen molar-refractivity contribution in [2.24, 2.45) is 5.11 Å². The van der Waals surface area contributed by atoms with E-state index in [-0.39, 0.29) is 70.7 Å². The Morgan fingerprint density at radius 1 is 0.724 bits per heavy atom. The molecule has 4 aliphatic rings. The lowest BCUT2D eigenvalue weighted by molar-refractivity contribution is -0.152. The third-order valence-corrected chi connectivity index (χ3v) is 11.4. The van der Waals surface area contributed by atoms with Crippen molar-refractivity contribution < 1.29 is 67.5 Å². The van der Waals surface area contributed by atoms with Crippen LogP contribution in [0.5, 0.6) is 11.5 Å². The number of piperidine rings is 2. The molecule has 3 aromatic rings. The monoisotopic (exact) mass is 1060 g/mol. The molecule has 26 heteroatoms. The molecule has 4 aliphatic heterocycles. The van der Waals surface area contributed by atoms with Crippen LogP contribution in [-0.4, -0.2) is 169 Å². The van der Waals surface area contributed by atoms with Gasteiger partial charge in [-0.05, 0) is 121 Å². The Bertz CT molecular complexity index is 2650. The summed E-state index contributed by atoms with van der Waals surface area (Å²) in [5, 5.41) is 28.2. The molecule has 0 saturated carbocycles. The number of benzene rings is 2. The number of ether oxygens (including phenoxy) is 4. The smallest absolute Gasteiger partial charge is 0.424 e. The van der Waals surface area contributed by atoms with Gasteiger partial charge in [0, 0.05) is 81.6 Å². The van der Waals surface area contributed by atoms with Crippen molar-refractivity contribution in [3.63, 3.8) is 0 Å². The number of nitrogens with zero attached hydrogens (tertiary/aromatic N) is 12. The van der Waals surface area contributed by atoms with Crippen LogP contribution in [0, 0.1) is 12.3 Å². The number of hydrogen-bond acceptors (Lipinski definition) is 17. The van der Waals surface area contributed by atoms with Gasteiger partial charge < -0.3 is 39.0 Å². The van der Waals surface area contributed by atoms with E-state index in [4.69, 9.17) is 41.1 Å². The molecule has 2 N–H and O–H groups in total. The second kappa shape index (κ2) is 26.8. The van der Waals surface area contributed by atoms with Crippen LogP contribution in [0.15, 0.2) is 59.8 Å². The Morgan fingerprint density at radius 2 is 1.18 bits per heavy atom. The van der Waals surface area contributed by atoms with E-state index in [0.29, 0.717) is 83.9 Å². The maximum atomic E-state index is 13.2. The first-order valence-corrected chi connectivity index (χ1v) is 24.5. The predicted octanol–water partition coefficient (Wildman–Crippen LogP) is 5.01. The zero-order valence-corrected chi connectivity index (χ0v) is 43.4. The van der Waals surface area contributed by atoms with Crippen LogP contribution in [0.3, 0.4) is 0 Å². The van der Waals surface area contributed by atoms with Gasteiger partial charge in [0.25, 0.3) is 11.8 Å². The summed E-state index contributed by atoms with van der Waals surface area (Å²) in [5.74, 6) is 0.802. The number of amides is 10. The summed E-state index contributed by atoms with van der Waals surface area (Å²) in [7, 11) is 0. The Balaban J connectivity index is 0.000000253. The van der Waals surface area contributed by atoms with Crippen LogP contribution >= 0.6 is 0 Å². The lowest BCUT2D eigenvalue weighted by Gasteiger charge is -2.34. The first kappa shape index (κ1) is 58.6. The Morgan fingerprint density at radius 3 is 1.61 bits per heavy atom. The summed E-state index contributed by atoms with van der Waals surface area (Å²) in [6.07, 6.45) is 6.28. The number of aliphatic hydroxyl groups excluding tert-OH is 2. The number of aryl methyl sites for hydroxylation is 1. The molecule has 76 heavy (non-hydrogen) atoms. The third kappa shape index (κ3) is 15.9. The second-order valence-corrected chi connectivity index (χ2v) is 19.3.